The van der Waals surface area contributed by atoms with Crippen molar-refractivity contribution in [3.63, 3.8) is 0 Å². The number of methoxy groups -OCH3 is 2. The van der Waals surface area contributed by atoms with E-state index in [1.807, 2.05) is 12.1 Å². The van der Waals surface area contributed by atoms with Crippen LogP contribution in [0.15, 0.2) is 60.8 Å². The molecular formula is C27H27N5O4. The average Bonchev–Trinajstić information content (AvgIpc) is 2.94. The van der Waals surface area contributed by atoms with E-state index in [0.717, 1.165) is 5.82 Å². The standard InChI is InChI=1S/C27H27N5O4/c1-35-23-15-22(24(36-2)14-21(23)30-26(33)19-6-4-3-5-7-19)31-27(34)20-10-12-32(13-11-20)25-9-8-18(16-28)17-29-25/h3-9,14-15,17,20H,10-13H2,1-2H3,(H,30,33)(H,31,34). The zero-order valence-corrected chi connectivity index (χ0v) is 20.2. The predicted molar refractivity (Wildman–Crippen MR) is 136 cm³/mol. The second-order valence-electron chi connectivity index (χ2n) is 8.34. The molecule has 1 fully saturated rings. The number of pyridine rings is 1. The number of nitrogens with zero attached hydrogens (tertiary/aromatic N) is 3. The third-order valence-electron chi connectivity index (χ3n) is 6.13. The first kappa shape index (κ1) is 24.5. The highest BCUT2D eigenvalue weighted by Gasteiger charge is 2.27. The van der Waals surface area contributed by atoms with Gasteiger partial charge in [0.25, 0.3) is 5.91 Å². The van der Waals surface area contributed by atoms with Crippen LogP contribution < -0.4 is 25.0 Å². The van der Waals surface area contributed by atoms with Gasteiger partial charge in [-0.3, -0.25) is 9.59 Å². The van der Waals surface area contributed by atoms with Crippen molar-refractivity contribution in [3.8, 4) is 17.6 Å². The summed E-state index contributed by atoms with van der Waals surface area (Å²) in [5, 5.41) is 14.7. The Bertz CT molecular complexity index is 1260. The highest BCUT2D eigenvalue weighted by atomic mass is 16.5. The number of ether oxygens (including phenoxy) is 2. The minimum atomic E-state index is -0.281. The molecule has 0 bridgehead atoms. The third kappa shape index (κ3) is 5.55. The van der Waals surface area contributed by atoms with Crippen LogP contribution in [-0.4, -0.2) is 44.1 Å². The fraction of sp³-hybridized carbons (Fsp3) is 0.259. The number of hydrogen-bond acceptors (Lipinski definition) is 7. The van der Waals surface area contributed by atoms with E-state index in [0.29, 0.717) is 59.9 Å². The van der Waals surface area contributed by atoms with Crippen LogP contribution in [0, 0.1) is 17.2 Å². The van der Waals surface area contributed by atoms with E-state index in [9.17, 15) is 9.59 Å². The second kappa shape index (κ2) is 11.2. The Morgan fingerprint density at radius 3 is 2.17 bits per heavy atom. The van der Waals surface area contributed by atoms with E-state index >= 15 is 0 Å². The van der Waals surface area contributed by atoms with Crippen LogP contribution >= 0.6 is 0 Å². The number of anilines is 3. The van der Waals surface area contributed by atoms with Crippen molar-refractivity contribution in [1.82, 2.24) is 4.98 Å². The number of carbonyl (C=O) groups is 2. The number of carbonyl (C=O) groups excluding carboxylic acids is 2. The Morgan fingerprint density at radius 2 is 1.61 bits per heavy atom. The number of benzene rings is 2. The first-order chi connectivity index (χ1) is 17.5. The van der Waals surface area contributed by atoms with E-state index in [2.05, 4.69) is 26.6 Å². The van der Waals surface area contributed by atoms with Crippen LogP contribution in [0.2, 0.25) is 0 Å². The van der Waals surface area contributed by atoms with Gasteiger partial charge in [0.05, 0.1) is 31.2 Å². The Morgan fingerprint density at radius 1 is 0.972 bits per heavy atom. The summed E-state index contributed by atoms with van der Waals surface area (Å²) in [6.07, 6.45) is 2.89. The molecule has 2 N–H and O–H groups in total. The number of piperidine rings is 1. The van der Waals surface area contributed by atoms with Crippen LogP contribution in [0.25, 0.3) is 0 Å². The van der Waals surface area contributed by atoms with E-state index in [1.165, 1.54) is 14.2 Å². The molecule has 0 radical (unpaired) electrons. The number of hydrogen-bond donors (Lipinski definition) is 2. The van der Waals surface area contributed by atoms with Crippen molar-refractivity contribution in [2.45, 2.75) is 12.8 Å². The fourth-order valence-electron chi connectivity index (χ4n) is 4.12. The van der Waals surface area contributed by atoms with Gasteiger partial charge in [0.1, 0.15) is 23.4 Å². The third-order valence-corrected chi connectivity index (χ3v) is 6.13. The lowest BCUT2D eigenvalue weighted by molar-refractivity contribution is -0.120. The summed E-state index contributed by atoms with van der Waals surface area (Å²) in [7, 11) is 3.00. The van der Waals surface area contributed by atoms with E-state index in [1.54, 1.807) is 48.7 Å². The minimum absolute atomic E-state index is 0.108. The van der Waals surface area contributed by atoms with Crippen molar-refractivity contribution >= 4 is 29.0 Å². The van der Waals surface area contributed by atoms with Crippen molar-refractivity contribution < 1.29 is 19.1 Å². The zero-order chi connectivity index (χ0) is 25.5. The van der Waals surface area contributed by atoms with Crippen LogP contribution in [0.1, 0.15) is 28.8 Å². The maximum absolute atomic E-state index is 13.1. The van der Waals surface area contributed by atoms with Gasteiger partial charge in [-0.15, -0.1) is 0 Å². The lowest BCUT2D eigenvalue weighted by Gasteiger charge is -2.32. The molecule has 184 valence electrons. The number of nitriles is 1. The van der Waals surface area contributed by atoms with Crippen LogP contribution in [0.5, 0.6) is 11.5 Å². The topological polar surface area (TPSA) is 117 Å². The molecule has 0 saturated carbocycles. The number of rotatable bonds is 7. The monoisotopic (exact) mass is 485 g/mol. The Balaban J connectivity index is 1.42. The molecule has 36 heavy (non-hydrogen) atoms. The Hall–Kier alpha value is -4.58. The first-order valence-corrected chi connectivity index (χ1v) is 11.6. The molecule has 4 rings (SSSR count). The molecular weight excluding hydrogens is 458 g/mol. The van der Waals surface area contributed by atoms with Crippen LogP contribution in [-0.2, 0) is 4.79 Å². The molecule has 2 amide bonds. The summed E-state index contributed by atoms with van der Waals surface area (Å²) in [6, 6.07) is 17.8. The van der Waals surface area contributed by atoms with Gasteiger partial charge in [-0.25, -0.2) is 4.98 Å². The summed E-state index contributed by atoms with van der Waals surface area (Å²) >= 11 is 0. The largest absolute Gasteiger partial charge is 0.494 e. The highest BCUT2D eigenvalue weighted by molar-refractivity contribution is 6.05. The number of amides is 2. The van der Waals surface area contributed by atoms with Gasteiger partial charge in [-0.05, 0) is 37.1 Å². The highest BCUT2D eigenvalue weighted by Crippen LogP contribution is 2.37. The molecule has 1 saturated heterocycles. The van der Waals surface area contributed by atoms with E-state index in [4.69, 9.17) is 14.7 Å². The Labute approximate surface area is 209 Å². The van der Waals surface area contributed by atoms with Crippen LogP contribution in [0.3, 0.4) is 0 Å². The summed E-state index contributed by atoms with van der Waals surface area (Å²) in [6.45, 7) is 1.36. The SMILES string of the molecule is COc1cc(NC(=O)C2CCN(c3ccc(C#N)cn3)CC2)c(OC)cc1NC(=O)c1ccccc1. The fourth-order valence-corrected chi connectivity index (χ4v) is 4.12. The molecule has 1 aliphatic heterocycles. The maximum atomic E-state index is 13.1. The quantitative estimate of drug-likeness (QED) is 0.518. The molecule has 0 atom stereocenters. The van der Waals surface area contributed by atoms with Gasteiger partial charge in [0.2, 0.25) is 5.91 Å². The molecule has 3 aromatic rings. The van der Waals surface area contributed by atoms with Crippen molar-refractivity contribution in [2.75, 3.05) is 42.8 Å². The number of nitrogens with one attached hydrogen (secondary N) is 2. The van der Waals surface area contributed by atoms with E-state index < -0.39 is 0 Å². The molecule has 1 aromatic heterocycles. The molecule has 0 spiro atoms. The summed E-state index contributed by atoms with van der Waals surface area (Å²) in [4.78, 5) is 32.1. The maximum Gasteiger partial charge on any atom is 0.255 e. The molecule has 0 unspecified atom stereocenters. The molecule has 0 aliphatic carbocycles. The summed E-state index contributed by atoms with van der Waals surface area (Å²) in [5.41, 5.74) is 1.93. The molecule has 9 nitrogen and oxygen atoms in total. The predicted octanol–water partition coefficient (Wildman–Crippen LogP) is 4.08. The van der Waals surface area contributed by atoms with Crippen molar-refractivity contribution in [1.29, 1.82) is 5.26 Å². The van der Waals surface area contributed by atoms with Crippen molar-refractivity contribution in [2.24, 2.45) is 5.92 Å². The molecule has 2 heterocycles. The Kier molecular flexibility index (Phi) is 7.66. The smallest absolute Gasteiger partial charge is 0.255 e. The van der Waals surface area contributed by atoms with Gasteiger partial charge in [0.15, 0.2) is 0 Å². The second-order valence-corrected chi connectivity index (χ2v) is 8.34. The van der Waals surface area contributed by atoms with Gasteiger partial charge >= 0.3 is 0 Å². The average molecular weight is 486 g/mol. The van der Waals surface area contributed by atoms with Crippen LogP contribution in [0.4, 0.5) is 17.2 Å². The van der Waals surface area contributed by atoms with Gasteiger partial charge in [0, 0.05) is 42.9 Å². The minimum Gasteiger partial charge on any atom is -0.494 e. The summed E-state index contributed by atoms with van der Waals surface area (Å²) in [5.74, 6) is 1.05. The summed E-state index contributed by atoms with van der Waals surface area (Å²) < 4.78 is 11.0. The molecule has 1 aliphatic rings. The van der Waals surface area contributed by atoms with Gasteiger partial charge in [-0.2, -0.15) is 5.26 Å². The lowest BCUT2D eigenvalue weighted by Crippen LogP contribution is -2.38. The van der Waals surface area contributed by atoms with E-state index in [-0.39, 0.29) is 17.7 Å². The van der Waals surface area contributed by atoms with Crippen molar-refractivity contribution in [3.05, 3.63) is 71.9 Å². The number of aromatic nitrogens is 1. The molecule has 9 heteroatoms. The first-order valence-electron chi connectivity index (χ1n) is 11.6. The lowest BCUT2D eigenvalue weighted by atomic mass is 9.95. The molecule has 2 aromatic carbocycles. The normalized spacial score (nSPS) is 13.4. The van der Waals surface area contributed by atoms with Gasteiger partial charge < -0.3 is 25.0 Å². The zero-order valence-electron chi connectivity index (χ0n) is 20.2. The van der Waals surface area contributed by atoms with Gasteiger partial charge in [-0.1, -0.05) is 18.2 Å².